The number of nitrogens with two attached hydrogens (primary N) is 1. The molecule has 0 saturated heterocycles. The van der Waals surface area contributed by atoms with Crippen LogP contribution >= 0.6 is 0 Å². The molecule has 0 heterocycles. The fourth-order valence-electron chi connectivity index (χ4n) is 2.43. The minimum absolute atomic E-state index is 0.0136. The number of nitrogens with zero attached hydrogens (tertiary/aromatic N) is 1. The van der Waals surface area contributed by atoms with E-state index in [1.54, 1.807) is 0 Å². The van der Waals surface area contributed by atoms with Crippen molar-refractivity contribution in [2.75, 3.05) is 17.1 Å². The molecule has 2 rings (SSSR count). The minimum Gasteiger partial charge on any atom is -0.324 e. The average Bonchev–Trinajstić information content (AvgIpc) is 2.58. The largest absolute Gasteiger partial charge is 0.418 e. The summed E-state index contributed by atoms with van der Waals surface area (Å²) in [7, 11) is -4.17. The topological polar surface area (TPSA) is 80.5 Å². The SMILES string of the molecule is CS(=O)(=O)N(Cc1ccc(C(=O)CN)cc1F)c1ccccc1C(F)(F)F. The molecular weight excluding hydrogens is 388 g/mol. The van der Waals surface area contributed by atoms with Gasteiger partial charge in [0.15, 0.2) is 5.78 Å². The molecule has 146 valence electrons. The number of anilines is 1. The van der Waals surface area contributed by atoms with Gasteiger partial charge in [-0.25, -0.2) is 12.8 Å². The van der Waals surface area contributed by atoms with Gasteiger partial charge >= 0.3 is 6.18 Å². The number of halogens is 4. The van der Waals surface area contributed by atoms with Crippen LogP contribution in [0.3, 0.4) is 0 Å². The molecular formula is C17H16F4N2O3S. The molecule has 2 N–H and O–H groups in total. The first-order valence-electron chi connectivity index (χ1n) is 7.60. The maximum absolute atomic E-state index is 14.3. The predicted molar refractivity (Wildman–Crippen MR) is 92.3 cm³/mol. The van der Waals surface area contributed by atoms with Gasteiger partial charge in [-0.1, -0.05) is 24.3 Å². The Morgan fingerprint density at radius 1 is 1.15 bits per heavy atom. The number of benzene rings is 2. The number of sulfonamides is 1. The zero-order valence-electron chi connectivity index (χ0n) is 14.1. The van der Waals surface area contributed by atoms with Crippen molar-refractivity contribution in [3.8, 4) is 0 Å². The summed E-state index contributed by atoms with van der Waals surface area (Å²) >= 11 is 0. The lowest BCUT2D eigenvalue weighted by atomic mass is 10.1. The van der Waals surface area contributed by atoms with Gasteiger partial charge in [0.1, 0.15) is 5.82 Å². The summed E-state index contributed by atoms with van der Waals surface area (Å²) in [4.78, 5) is 11.5. The van der Waals surface area contributed by atoms with Crippen LogP contribution in [0.15, 0.2) is 42.5 Å². The van der Waals surface area contributed by atoms with Crippen LogP contribution in [-0.4, -0.2) is 27.0 Å². The fraction of sp³-hybridized carbons (Fsp3) is 0.235. The lowest BCUT2D eigenvalue weighted by Crippen LogP contribution is -2.31. The molecule has 0 amide bonds. The van der Waals surface area contributed by atoms with Crippen LogP contribution in [0.2, 0.25) is 0 Å². The van der Waals surface area contributed by atoms with Gasteiger partial charge in [0.05, 0.1) is 30.6 Å². The van der Waals surface area contributed by atoms with E-state index in [-0.39, 0.29) is 17.7 Å². The molecule has 0 aliphatic heterocycles. The Morgan fingerprint density at radius 2 is 1.78 bits per heavy atom. The maximum Gasteiger partial charge on any atom is 0.418 e. The third-order valence-electron chi connectivity index (χ3n) is 3.75. The Labute approximate surface area is 153 Å². The van der Waals surface area contributed by atoms with E-state index in [1.807, 2.05) is 0 Å². The molecule has 0 spiro atoms. The Bertz CT molecular complexity index is 959. The number of hydrogen-bond acceptors (Lipinski definition) is 4. The average molecular weight is 404 g/mol. The summed E-state index contributed by atoms with van der Waals surface area (Å²) in [5.41, 5.74) is 3.22. The molecule has 0 atom stereocenters. The number of rotatable bonds is 6. The van der Waals surface area contributed by atoms with E-state index in [0.717, 1.165) is 36.6 Å². The van der Waals surface area contributed by atoms with Gasteiger partial charge in [0, 0.05) is 11.1 Å². The molecule has 10 heteroatoms. The van der Waals surface area contributed by atoms with Crippen molar-refractivity contribution in [2.24, 2.45) is 5.73 Å². The Hall–Kier alpha value is -2.46. The first-order chi connectivity index (χ1) is 12.4. The highest BCUT2D eigenvalue weighted by Gasteiger charge is 2.36. The van der Waals surface area contributed by atoms with Crippen molar-refractivity contribution < 1.29 is 30.8 Å². The highest BCUT2D eigenvalue weighted by atomic mass is 32.2. The highest BCUT2D eigenvalue weighted by Crippen LogP contribution is 2.37. The molecule has 27 heavy (non-hydrogen) atoms. The van der Waals surface area contributed by atoms with Crippen LogP contribution < -0.4 is 10.0 Å². The second kappa shape index (κ2) is 7.65. The van der Waals surface area contributed by atoms with Crippen LogP contribution in [0.25, 0.3) is 0 Å². The van der Waals surface area contributed by atoms with Gasteiger partial charge in [-0.3, -0.25) is 9.10 Å². The Balaban J connectivity index is 2.52. The summed E-state index contributed by atoms with van der Waals surface area (Å²) in [6, 6.07) is 7.38. The second-order valence-corrected chi connectivity index (χ2v) is 7.62. The van der Waals surface area contributed by atoms with E-state index in [2.05, 4.69) is 0 Å². The normalized spacial score (nSPS) is 12.1. The van der Waals surface area contributed by atoms with Gasteiger partial charge < -0.3 is 5.73 Å². The predicted octanol–water partition coefficient (Wildman–Crippen LogP) is 2.95. The zero-order chi connectivity index (χ0) is 20.4. The number of ketones is 1. The Morgan fingerprint density at radius 3 is 2.30 bits per heavy atom. The summed E-state index contributed by atoms with van der Waals surface area (Å²) in [5.74, 6) is -1.45. The van der Waals surface area contributed by atoms with Crippen molar-refractivity contribution in [1.82, 2.24) is 0 Å². The molecule has 0 saturated carbocycles. The first-order valence-corrected chi connectivity index (χ1v) is 9.45. The lowest BCUT2D eigenvalue weighted by molar-refractivity contribution is -0.137. The first kappa shape index (κ1) is 20.8. The molecule has 5 nitrogen and oxygen atoms in total. The summed E-state index contributed by atoms with van der Waals surface area (Å²) in [6.07, 6.45) is -4.07. The second-order valence-electron chi connectivity index (χ2n) is 5.72. The van der Waals surface area contributed by atoms with E-state index >= 15 is 0 Å². The molecule has 0 radical (unpaired) electrons. The molecule has 2 aromatic rings. The molecule has 2 aromatic carbocycles. The van der Waals surface area contributed by atoms with Gasteiger partial charge in [0.25, 0.3) is 0 Å². The number of carbonyl (C=O) groups is 1. The molecule has 0 bridgehead atoms. The summed E-state index contributed by atoms with van der Waals surface area (Å²) in [5, 5.41) is 0. The van der Waals surface area contributed by atoms with Gasteiger partial charge in [-0.15, -0.1) is 0 Å². The number of para-hydroxylation sites is 1. The number of alkyl halides is 3. The third-order valence-corrected chi connectivity index (χ3v) is 4.88. The van der Waals surface area contributed by atoms with Crippen molar-refractivity contribution in [2.45, 2.75) is 12.7 Å². The van der Waals surface area contributed by atoms with E-state index in [0.29, 0.717) is 4.31 Å². The highest BCUT2D eigenvalue weighted by molar-refractivity contribution is 7.92. The van der Waals surface area contributed by atoms with E-state index in [9.17, 15) is 30.8 Å². The quantitative estimate of drug-likeness (QED) is 0.593. The van der Waals surface area contributed by atoms with Gasteiger partial charge in [-0.05, 0) is 18.2 Å². The number of hydrogen-bond donors (Lipinski definition) is 1. The molecule has 0 aliphatic carbocycles. The van der Waals surface area contributed by atoms with E-state index in [4.69, 9.17) is 5.73 Å². The van der Waals surface area contributed by atoms with Gasteiger partial charge in [0.2, 0.25) is 10.0 Å². The van der Waals surface area contributed by atoms with Gasteiger partial charge in [-0.2, -0.15) is 13.2 Å². The van der Waals surface area contributed by atoms with Crippen molar-refractivity contribution in [1.29, 1.82) is 0 Å². The molecule has 0 aliphatic rings. The van der Waals surface area contributed by atoms with Crippen molar-refractivity contribution in [3.63, 3.8) is 0 Å². The van der Waals surface area contributed by atoms with Crippen LogP contribution in [0.5, 0.6) is 0 Å². The summed E-state index contributed by atoms with van der Waals surface area (Å²) in [6.45, 7) is -1.01. The van der Waals surface area contributed by atoms with Crippen molar-refractivity contribution >= 4 is 21.5 Å². The molecule has 0 fully saturated rings. The fourth-order valence-corrected chi connectivity index (χ4v) is 3.32. The van der Waals surface area contributed by atoms with Crippen LogP contribution in [0.4, 0.5) is 23.2 Å². The zero-order valence-corrected chi connectivity index (χ0v) is 14.9. The number of Topliss-reactive ketones (excluding diaryl/α,β-unsaturated/α-hetero) is 1. The van der Waals surface area contributed by atoms with E-state index in [1.165, 1.54) is 12.1 Å². The Kier molecular flexibility index (Phi) is 5.91. The van der Waals surface area contributed by atoms with E-state index < -0.39 is 45.6 Å². The van der Waals surface area contributed by atoms with Crippen LogP contribution in [-0.2, 0) is 22.7 Å². The van der Waals surface area contributed by atoms with Crippen LogP contribution in [0.1, 0.15) is 21.5 Å². The smallest absolute Gasteiger partial charge is 0.324 e. The van der Waals surface area contributed by atoms with Crippen LogP contribution in [0, 0.1) is 5.82 Å². The minimum atomic E-state index is -4.80. The summed E-state index contributed by atoms with van der Waals surface area (Å²) < 4.78 is 78.8. The number of carbonyl (C=O) groups excluding carboxylic acids is 1. The third kappa shape index (κ3) is 4.83. The molecule has 0 aromatic heterocycles. The van der Waals surface area contributed by atoms with Crippen molar-refractivity contribution in [3.05, 3.63) is 65.0 Å². The molecule has 0 unspecified atom stereocenters. The lowest BCUT2D eigenvalue weighted by Gasteiger charge is -2.26. The maximum atomic E-state index is 14.3. The monoisotopic (exact) mass is 404 g/mol. The standard InChI is InChI=1S/C17H16F4N2O3S/c1-27(25,26)23(15-5-3-2-4-13(15)17(19,20)21)10-12-7-6-11(8-14(12)18)16(24)9-22/h2-8H,9-10,22H2,1H3.